The highest BCUT2D eigenvalue weighted by molar-refractivity contribution is 6.25. The van der Waals surface area contributed by atoms with E-state index in [0.717, 1.165) is 73.8 Å². The molecule has 0 unspecified atom stereocenters. The molecule has 4 heteroatoms. The van der Waals surface area contributed by atoms with Gasteiger partial charge in [-0.3, -0.25) is 0 Å². The van der Waals surface area contributed by atoms with Gasteiger partial charge in [0.2, 0.25) is 0 Å². The maximum Gasteiger partial charge on any atom is 0.160 e. The molecule has 0 saturated carbocycles. The monoisotopic (exact) mass is 524 g/mol. The molecule has 1 aliphatic carbocycles. The molecule has 0 saturated heterocycles. The largest absolute Gasteiger partial charge is 0.454 e. The second-order valence-corrected chi connectivity index (χ2v) is 11.1. The van der Waals surface area contributed by atoms with Gasteiger partial charge >= 0.3 is 0 Å². The van der Waals surface area contributed by atoms with Crippen LogP contribution < -0.4 is 0 Å². The second-order valence-electron chi connectivity index (χ2n) is 11.1. The van der Waals surface area contributed by atoms with Crippen LogP contribution in [-0.4, -0.2) is 4.40 Å². The Bertz CT molecular complexity index is 2590. The Labute approximate surface area is 233 Å². The SMILES string of the molecule is N#Cc1ccc(-c2cc3c4c(n5c3c(c2)c2ccc3c6ccccc6oc3c25)-c2oc3ccccc3c2CC4)cc1. The van der Waals surface area contributed by atoms with Crippen LogP contribution in [0.2, 0.25) is 0 Å². The Kier molecular flexibility index (Phi) is 3.82. The zero-order valence-electron chi connectivity index (χ0n) is 21.9. The Balaban J connectivity index is 1.42. The number of fused-ring (bicyclic) bond motifs is 14. The summed E-state index contributed by atoms with van der Waals surface area (Å²) in [6.07, 6.45) is 1.88. The lowest BCUT2D eigenvalue weighted by Crippen LogP contribution is -2.02. The van der Waals surface area contributed by atoms with Crippen molar-refractivity contribution in [1.82, 2.24) is 4.40 Å². The minimum absolute atomic E-state index is 0.665. The number of nitriles is 1. The number of furan rings is 2. The second kappa shape index (κ2) is 7.35. The molecule has 0 aliphatic heterocycles. The summed E-state index contributed by atoms with van der Waals surface area (Å²) in [5.74, 6) is 0.968. The number of aromatic nitrogens is 1. The fourth-order valence-corrected chi connectivity index (χ4v) is 7.31. The highest BCUT2D eigenvalue weighted by Crippen LogP contribution is 2.50. The van der Waals surface area contributed by atoms with Gasteiger partial charge in [0.15, 0.2) is 11.3 Å². The first-order valence-corrected chi connectivity index (χ1v) is 14.0. The third kappa shape index (κ3) is 2.59. The Morgan fingerprint density at radius 2 is 1.29 bits per heavy atom. The predicted molar refractivity (Wildman–Crippen MR) is 164 cm³/mol. The van der Waals surface area contributed by atoms with E-state index in [1.54, 1.807) is 0 Å². The summed E-state index contributed by atoms with van der Waals surface area (Å²) in [7, 11) is 0. The van der Waals surface area contributed by atoms with Gasteiger partial charge in [-0.25, -0.2) is 0 Å². The lowest BCUT2D eigenvalue weighted by molar-refractivity contribution is 0.618. The lowest BCUT2D eigenvalue weighted by atomic mass is 9.90. The van der Waals surface area contributed by atoms with Crippen molar-refractivity contribution in [1.29, 1.82) is 5.26 Å². The molecule has 0 amide bonds. The third-order valence-electron chi connectivity index (χ3n) is 9.09. The molecule has 4 aromatic heterocycles. The Morgan fingerprint density at radius 3 is 2.12 bits per heavy atom. The number of hydrogen-bond acceptors (Lipinski definition) is 3. The minimum atomic E-state index is 0.665. The molecule has 0 fully saturated rings. The molecule has 0 N–H and O–H groups in total. The molecule has 0 atom stereocenters. The van der Waals surface area contributed by atoms with Crippen LogP contribution in [-0.2, 0) is 12.8 Å². The fourth-order valence-electron chi connectivity index (χ4n) is 7.31. The molecule has 0 spiro atoms. The first-order chi connectivity index (χ1) is 20.3. The summed E-state index contributed by atoms with van der Waals surface area (Å²) in [6, 6.07) is 35.9. The standard InChI is InChI=1S/C37H20N2O2/c38-19-20-9-11-21(12-10-20)22-17-29-25-13-15-27-23-5-1-3-7-31(23)40-36(27)34(25)39-33(29)30(18-22)26-14-16-28-24-6-2-4-8-32(24)41-37(28)35(26)39/h1-13,15,17-18H,14,16H2. The van der Waals surface area contributed by atoms with Crippen molar-refractivity contribution in [3.8, 4) is 28.7 Å². The summed E-state index contributed by atoms with van der Waals surface area (Å²) in [4.78, 5) is 0. The number of rotatable bonds is 1. The molecule has 190 valence electrons. The molecule has 4 nitrogen and oxygen atoms in total. The molecule has 0 bridgehead atoms. The summed E-state index contributed by atoms with van der Waals surface area (Å²) in [6.45, 7) is 0. The van der Waals surface area contributed by atoms with E-state index in [2.05, 4.69) is 65.1 Å². The summed E-state index contributed by atoms with van der Waals surface area (Å²) < 4.78 is 15.7. The normalized spacial score (nSPS) is 13.1. The maximum absolute atomic E-state index is 9.34. The van der Waals surface area contributed by atoms with Crippen LogP contribution in [0.5, 0.6) is 0 Å². The van der Waals surface area contributed by atoms with Crippen molar-refractivity contribution >= 4 is 60.1 Å². The Hall–Kier alpha value is -5.53. The number of para-hydroxylation sites is 2. The summed E-state index contributed by atoms with van der Waals surface area (Å²) in [5.41, 5.74) is 11.7. The van der Waals surface area contributed by atoms with Gasteiger partial charge in [0.25, 0.3) is 0 Å². The highest BCUT2D eigenvalue weighted by Gasteiger charge is 2.32. The van der Waals surface area contributed by atoms with Crippen molar-refractivity contribution in [2.24, 2.45) is 0 Å². The average Bonchev–Trinajstić information content (AvgIpc) is 3.76. The molecule has 41 heavy (non-hydrogen) atoms. The first-order valence-electron chi connectivity index (χ1n) is 14.0. The van der Waals surface area contributed by atoms with Crippen LogP contribution in [0.4, 0.5) is 0 Å². The van der Waals surface area contributed by atoms with Crippen molar-refractivity contribution in [3.05, 3.63) is 114 Å². The van der Waals surface area contributed by atoms with E-state index in [0.29, 0.717) is 5.56 Å². The number of aryl methyl sites for hydroxylation is 2. The van der Waals surface area contributed by atoms with Crippen molar-refractivity contribution in [2.45, 2.75) is 12.8 Å². The molecule has 10 rings (SSSR count). The number of hydrogen-bond donors (Lipinski definition) is 0. The van der Waals surface area contributed by atoms with Gasteiger partial charge in [-0.1, -0.05) is 54.6 Å². The Morgan fingerprint density at radius 1 is 0.585 bits per heavy atom. The van der Waals surface area contributed by atoms with Crippen molar-refractivity contribution in [3.63, 3.8) is 0 Å². The zero-order chi connectivity index (χ0) is 26.8. The molecular weight excluding hydrogens is 504 g/mol. The van der Waals surface area contributed by atoms with Gasteiger partial charge in [0.05, 0.1) is 28.4 Å². The van der Waals surface area contributed by atoms with E-state index in [-0.39, 0.29) is 0 Å². The summed E-state index contributed by atoms with van der Waals surface area (Å²) in [5, 5.41) is 16.4. The maximum atomic E-state index is 9.34. The van der Waals surface area contributed by atoms with Gasteiger partial charge in [0, 0.05) is 37.9 Å². The van der Waals surface area contributed by atoms with Crippen molar-refractivity contribution in [2.75, 3.05) is 0 Å². The van der Waals surface area contributed by atoms with Crippen molar-refractivity contribution < 1.29 is 8.83 Å². The molecular formula is C37H20N2O2. The lowest BCUT2D eigenvalue weighted by Gasteiger charge is -2.13. The zero-order valence-corrected chi connectivity index (χ0v) is 21.9. The van der Waals surface area contributed by atoms with Crippen LogP contribution in [0, 0.1) is 11.3 Å². The van der Waals surface area contributed by atoms with Crippen LogP contribution in [0.3, 0.4) is 0 Å². The molecule has 5 aromatic carbocycles. The van der Waals surface area contributed by atoms with E-state index in [9.17, 15) is 5.26 Å². The van der Waals surface area contributed by atoms with E-state index in [1.807, 2.05) is 42.5 Å². The van der Waals surface area contributed by atoms with Crippen LogP contribution >= 0.6 is 0 Å². The smallest absolute Gasteiger partial charge is 0.160 e. The van der Waals surface area contributed by atoms with Crippen LogP contribution in [0.1, 0.15) is 16.7 Å². The van der Waals surface area contributed by atoms with Gasteiger partial charge in [-0.2, -0.15) is 5.26 Å². The minimum Gasteiger partial charge on any atom is -0.454 e. The topological polar surface area (TPSA) is 54.5 Å². The molecule has 9 aromatic rings. The third-order valence-corrected chi connectivity index (χ3v) is 9.09. The van der Waals surface area contributed by atoms with Crippen LogP contribution in [0.25, 0.3) is 82.7 Å². The number of nitrogens with zero attached hydrogens (tertiary/aromatic N) is 2. The summed E-state index contributed by atoms with van der Waals surface area (Å²) >= 11 is 0. The fraction of sp³-hybridized carbons (Fsp3) is 0.0541. The predicted octanol–water partition coefficient (Wildman–Crippen LogP) is 9.63. The average molecular weight is 525 g/mol. The van der Waals surface area contributed by atoms with Gasteiger partial charge in [0.1, 0.15) is 11.2 Å². The highest BCUT2D eigenvalue weighted by atomic mass is 16.3. The molecule has 4 heterocycles. The van der Waals surface area contributed by atoms with Gasteiger partial charge < -0.3 is 13.2 Å². The first kappa shape index (κ1) is 21.3. The van der Waals surface area contributed by atoms with E-state index >= 15 is 0 Å². The molecule has 1 aliphatic rings. The quantitative estimate of drug-likeness (QED) is 0.215. The van der Waals surface area contributed by atoms with Gasteiger partial charge in [-0.15, -0.1) is 0 Å². The van der Waals surface area contributed by atoms with Gasteiger partial charge in [-0.05, 0) is 72.0 Å². The van der Waals surface area contributed by atoms with E-state index < -0.39 is 0 Å². The van der Waals surface area contributed by atoms with E-state index in [4.69, 9.17) is 8.83 Å². The van der Waals surface area contributed by atoms with E-state index in [1.165, 1.54) is 32.8 Å². The number of benzene rings is 5. The van der Waals surface area contributed by atoms with Crippen LogP contribution in [0.15, 0.2) is 106 Å². The molecule has 0 radical (unpaired) electrons.